The SMILES string of the molecule is CC1(C)O[C@@H]2C[C@H]3[C@@H]4CCC5=Cc6nn(-c7ccc(Br)cc7)cc6C[C@]5(C)[C@@]4(F)[C@@H](O)C[C@]3(C)[C@]2(C(=O)CO)O1. The van der Waals surface area contributed by atoms with Crippen LogP contribution >= 0.6 is 15.9 Å². The topological polar surface area (TPSA) is 93.8 Å². The highest BCUT2D eigenvalue weighted by Gasteiger charge is 2.80. The van der Waals surface area contributed by atoms with E-state index < -0.39 is 58.4 Å². The van der Waals surface area contributed by atoms with E-state index in [0.717, 1.165) is 27.0 Å². The van der Waals surface area contributed by atoms with E-state index in [4.69, 9.17) is 14.6 Å². The number of ketones is 1. The smallest absolute Gasteiger partial charge is 0.193 e. The molecule has 0 radical (unpaired) electrons. The lowest BCUT2D eigenvalue weighted by atomic mass is 9.43. The molecule has 0 unspecified atom stereocenters. The summed E-state index contributed by atoms with van der Waals surface area (Å²) in [5, 5.41) is 26.7. The summed E-state index contributed by atoms with van der Waals surface area (Å²) in [4.78, 5) is 13.4. The van der Waals surface area contributed by atoms with Crippen LogP contribution in [0.15, 0.2) is 40.5 Å². The number of carbonyl (C=O) groups excluding carboxylic acids is 1. The Kier molecular flexibility index (Phi) is 5.62. The number of allylic oxidation sites excluding steroid dienone is 1. The van der Waals surface area contributed by atoms with Crippen molar-refractivity contribution in [1.82, 2.24) is 9.78 Å². The first-order valence-corrected chi connectivity index (χ1v) is 15.0. The fourth-order valence-corrected chi connectivity index (χ4v) is 9.76. The summed E-state index contributed by atoms with van der Waals surface area (Å²) in [7, 11) is 0. The summed E-state index contributed by atoms with van der Waals surface area (Å²) < 4.78 is 33.5. The van der Waals surface area contributed by atoms with Crippen molar-refractivity contribution in [1.29, 1.82) is 0 Å². The maximum Gasteiger partial charge on any atom is 0.193 e. The highest BCUT2D eigenvalue weighted by atomic mass is 79.9. The first-order chi connectivity index (χ1) is 18.8. The molecule has 0 spiro atoms. The van der Waals surface area contributed by atoms with E-state index in [1.54, 1.807) is 13.8 Å². The van der Waals surface area contributed by atoms with Gasteiger partial charge in [-0.05, 0) is 87.8 Å². The standard InChI is InChI=1S/C31H36BrFN2O5/c1-27(2)39-26-12-22-21-10-5-18-11-23-17(15-35(34-23)20-8-6-19(32)7-9-20)13-28(18,3)30(21,33)24(37)14-29(22,4)31(26,40-27)25(38)16-36/h6-9,11,15,21-22,24,26,36-37H,5,10,12-14,16H2,1-4H3/t21-,22-,24-,26+,28-,29-,30-,31+/m0/s1. The van der Waals surface area contributed by atoms with E-state index in [-0.39, 0.29) is 12.3 Å². The molecule has 40 heavy (non-hydrogen) atoms. The molecule has 9 heteroatoms. The zero-order chi connectivity index (χ0) is 28.5. The summed E-state index contributed by atoms with van der Waals surface area (Å²) in [5.41, 5.74) is -1.42. The van der Waals surface area contributed by atoms with Crippen molar-refractivity contribution >= 4 is 27.8 Å². The molecule has 3 saturated carbocycles. The summed E-state index contributed by atoms with van der Waals surface area (Å²) in [6, 6.07) is 7.89. The number of aliphatic hydroxyl groups excluding tert-OH is 2. The van der Waals surface area contributed by atoms with Crippen LogP contribution < -0.4 is 0 Å². The van der Waals surface area contributed by atoms with Gasteiger partial charge in [0.2, 0.25) is 0 Å². The van der Waals surface area contributed by atoms with E-state index in [0.29, 0.717) is 25.7 Å². The van der Waals surface area contributed by atoms with Crippen LogP contribution in [0.5, 0.6) is 0 Å². The molecule has 8 atom stereocenters. The normalized spacial score (nSPS) is 42.8. The van der Waals surface area contributed by atoms with Crippen molar-refractivity contribution < 1.29 is 28.9 Å². The molecule has 7 rings (SSSR count). The number of aromatic nitrogens is 2. The van der Waals surface area contributed by atoms with Gasteiger partial charge in [0.1, 0.15) is 12.3 Å². The van der Waals surface area contributed by atoms with Gasteiger partial charge >= 0.3 is 0 Å². The Morgan fingerprint density at radius 2 is 1.93 bits per heavy atom. The molecule has 5 aliphatic rings. The second-order valence-electron chi connectivity index (χ2n) is 13.5. The molecule has 0 amide bonds. The Morgan fingerprint density at radius 1 is 1.20 bits per heavy atom. The second-order valence-corrected chi connectivity index (χ2v) is 14.4. The van der Waals surface area contributed by atoms with Crippen LogP contribution in [0.1, 0.15) is 64.6 Å². The van der Waals surface area contributed by atoms with Gasteiger partial charge in [-0.2, -0.15) is 5.10 Å². The highest BCUT2D eigenvalue weighted by Crippen LogP contribution is 2.72. The summed E-state index contributed by atoms with van der Waals surface area (Å²) in [6.45, 7) is 6.74. The Morgan fingerprint density at radius 3 is 2.62 bits per heavy atom. The predicted octanol–water partition coefficient (Wildman–Crippen LogP) is 4.94. The molecule has 1 aromatic heterocycles. The maximum atomic E-state index is 18.0. The number of hydrogen-bond donors (Lipinski definition) is 2. The van der Waals surface area contributed by atoms with Gasteiger partial charge in [0.25, 0.3) is 0 Å². The van der Waals surface area contributed by atoms with E-state index in [1.807, 2.05) is 55.1 Å². The summed E-state index contributed by atoms with van der Waals surface area (Å²) in [5.74, 6) is -2.20. The minimum absolute atomic E-state index is 0.0558. The zero-order valence-corrected chi connectivity index (χ0v) is 24.9. The molecular formula is C31H36BrFN2O5. The monoisotopic (exact) mass is 614 g/mol. The Bertz CT molecular complexity index is 1440. The number of benzene rings is 1. The van der Waals surface area contributed by atoms with E-state index >= 15 is 4.39 Å². The molecular weight excluding hydrogens is 579 g/mol. The van der Waals surface area contributed by atoms with E-state index in [9.17, 15) is 15.0 Å². The number of hydrogen-bond acceptors (Lipinski definition) is 6. The Labute approximate surface area is 241 Å². The minimum Gasteiger partial charge on any atom is -0.390 e. The van der Waals surface area contributed by atoms with Crippen molar-refractivity contribution in [3.05, 3.63) is 51.8 Å². The number of alkyl halides is 1. The molecule has 2 heterocycles. The largest absolute Gasteiger partial charge is 0.390 e. The molecule has 1 aromatic carbocycles. The number of Topliss-reactive ketones (excluding diaryl/α,β-unsaturated/α-hetero) is 1. The van der Waals surface area contributed by atoms with Crippen molar-refractivity contribution in [3.63, 3.8) is 0 Å². The molecule has 4 aliphatic carbocycles. The molecule has 7 nitrogen and oxygen atoms in total. The third-order valence-electron chi connectivity index (χ3n) is 11.2. The number of ether oxygens (including phenoxy) is 2. The van der Waals surface area contributed by atoms with Crippen LogP contribution in [0.2, 0.25) is 0 Å². The second kappa shape index (κ2) is 8.34. The predicted molar refractivity (Wildman–Crippen MR) is 149 cm³/mol. The van der Waals surface area contributed by atoms with Crippen LogP contribution in [0.3, 0.4) is 0 Å². The van der Waals surface area contributed by atoms with Gasteiger partial charge in [-0.25, -0.2) is 9.07 Å². The first kappa shape index (κ1) is 27.0. The number of fused-ring (bicyclic) bond motifs is 8. The van der Waals surface area contributed by atoms with E-state index in [2.05, 4.69) is 15.9 Å². The fraction of sp³-hybridized carbons (Fsp3) is 0.613. The maximum absolute atomic E-state index is 18.0. The van der Waals surface area contributed by atoms with Gasteiger partial charge in [0, 0.05) is 27.4 Å². The average molecular weight is 616 g/mol. The quantitative estimate of drug-likeness (QED) is 0.509. The molecule has 214 valence electrons. The van der Waals surface area contributed by atoms with Crippen molar-refractivity contribution in [3.8, 4) is 5.69 Å². The number of carbonyl (C=O) groups is 1. The zero-order valence-electron chi connectivity index (χ0n) is 23.3. The molecule has 2 aromatic rings. The molecule has 0 bridgehead atoms. The molecule has 4 fully saturated rings. The average Bonchev–Trinajstić information content (AvgIpc) is 3.50. The lowest BCUT2D eigenvalue weighted by Gasteiger charge is -2.63. The van der Waals surface area contributed by atoms with Gasteiger partial charge in [-0.15, -0.1) is 0 Å². The van der Waals surface area contributed by atoms with Crippen molar-refractivity contribution in [2.75, 3.05) is 6.61 Å². The Hall–Kier alpha value is -1.91. The Balaban J connectivity index is 1.28. The third kappa shape index (κ3) is 3.19. The van der Waals surface area contributed by atoms with Crippen LogP contribution in [-0.4, -0.2) is 61.6 Å². The summed E-state index contributed by atoms with van der Waals surface area (Å²) >= 11 is 3.48. The summed E-state index contributed by atoms with van der Waals surface area (Å²) in [6.07, 6.45) is 4.28. The van der Waals surface area contributed by atoms with Crippen LogP contribution in [-0.2, 0) is 20.7 Å². The van der Waals surface area contributed by atoms with Gasteiger partial charge < -0.3 is 19.7 Å². The number of aliphatic hydroxyl groups is 2. The van der Waals surface area contributed by atoms with Gasteiger partial charge in [0.05, 0.1) is 23.6 Å². The number of nitrogens with zero attached hydrogens (tertiary/aromatic N) is 2. The van der Waals surface area contributed by atoms with Gasteiger partial charge in [-0.1, -0.05) is 35.4 Å². The molecule has 2 N–H and O–H groups in total. The molecule has 1 saturated heterocycles. The number of rotatable bonds is 3. The van der Waals surface area contributed by atoms with Gasteiger partial charge in [-0.3, -0.25) is 4.79 Å². The van der Waals surface area contributed by atoms with Crippen LogP contribution in [0.4, 0.5) is 4.39 Å². The highest BCUT2D eigenvalue weighted by molar-refractivity contribution is 9.10. The first-order valence-electron chi connectivity index (χ1n) is 14.2. The van der Waals surface area contributed by atoms with E-state index in [1.165, 1.54) is 0 Å². The van der Waals surface area contributed by atoms with Gasteiger partial charge in [0.15, 0.2) is 17.2 Å². The minimum atomic E-state index is -1.91. The lowest BCUT2D eigenvalue weighted by Crippen LogP contribution is -2.70. The van der Waals surface area contributed by atoms with Crippen LogP contribution in [0, 0.1) is 22.7 Å². The van der Waals surface area contributed by atoms with Crippen LogP contribution in [0.25, 0.3) is 11.8 Å². The number of halogens is 2. The molecule has 1 aliphatic heterocycles. The fourth-order valence-electron chi connectivity index (χ4n) is 9.50. The van der Waals surface area contributed by atoms with Crippen molar-refractivity contribution in [2.24, 2.45) is 22.7 Å². The van der Waals surface area contributed by atoms with Crippen molar-refractivity contribution in [2.45, 2.75) is 89.1 Å². The lowest BCUT2D eigenvalue weighted by molar-refractivity contribution is -0.250. The third-order valence-corrected chi connectivity index (χ3v) is 11.7.